The van der Waals surface area contributed by atoms with E-state index in [1.54, 1.807) is 31.5 Å². The standard InChI is InChI=1S/C16H16F3N3O2/c1-2-24-12-5-6-14(13(8-12)16(17,18)19)22-15(23)21-10-11-4-3-7-20-9-11/h3-9H,2,10H2,1H3,(H2,21,22,23). The maximum absolute atomic E-state index is 13.1. The van der Waals surface area contributed by atoms with Gasteiger partial charge in [-0.3, -0.25) is 4.98 Å². The maximum atomic E-state index is 13.1. The lowest BCUT2D eigenvalue weighted by Gasteiger charge is -2.16. The molecule has 8 heteroatoms. The van der Waals surface area contributed by atoms with E-state index in [4.69, 9.17) is 4.74 Å². The van der Waals surface area contributed by atoms with Gasteiger partial charge in [-0.15, -0.1) is 0 Å². The Morgan fingerprint density at radius 3 is 2.71 bits per heavy atom. The van der Waals surface area contributed by atoms with Crippen molar-refractivity contribution in [3.05, 3.63) is 53.9 Å². The highest BCUT2D eigenvalue weighted by Crippen LogP contribution is 2.37. The highest BCUT2D eigenvalue weighted by molar-refractivity contribution is 5.90. The summed E-state index contributed by atoms with van der Waals surface area (Å²) in [7, 11) is 0. The van der Waals surface area contributed by atoms with Crippen molar-refractivity contribution in [1.82, 2.24) is 10.3 Å². The Morgan fingerprint density at radius 2 is 2.08 bits per heavy atom. The number of ether oxygens (including phenoxy) is 1. The Kier molecular flexibility index (Phi) is 5.62. The quantitative estimate of drug-likeness (QED) is 0.870. The van der Waals surface area contributed by atoms with E-state index in [1.807, 2.05) is 0 Å². The van der Waals surface area contributed by atoms with Gasteiger partial charge >= 0.3 is 12.2 Å². The molecule has 0 fully saturated rings. The first-order valence-corrected chi connectivity index (χ1v) is 7.18. The van der Waals surface area contributed by atoms with Crippen molar-refractivity contribution in [2.45, 2.75) is 19.6 Å². The van der Waals surface area contributed by atoms with E-state index in [1.165, 1.54) is 6.07 Å². The van der Waals surface area contributed by atoms with Gasteiger partial charge in [0, 0.05) is 18.9 Å². The number of hydrogen-bond acceptors (Lipinski definition) is 3. The summed E-state index contributed by atoms with van der Waals surface area (Å²) in [5.74, 6) is 0.0890. The van der Waals surface area contributed by atoms with Crippen molar-refractivity contribution in [3.63, 3.8) is 0 Å². The molecule has 2 N–H and O–H groups in total. The number of anilines is 1. The monoisotopic (exact) mass is 339 g/mol. The molecule has 0 saturated carbocycles. The number of carbonyl (C=O) groups is 1. The predicted molar refractivity (Wildman–Crippen MR) is 82.7 cm³/mol. The van der Waals surface area contributed by atoms with Crippen molar-refractivity contribution in [3.8, 4) is 5.75 Å². The number of amides is 2. The summed E-state index contributed by atoms with van der Waals surface area (Å²) in [6, 6.07) is 6.09. The van der Waals surface area contributed by atoms with E-state index in [0.29, 0.717) is 0 Å². The molecule has 0 bridgehead atoms. The zero-order chi connectivity index (χ0) is 17.6. The highest BCUT2D eigenvalue weighted by Gasteiger charge is 2.34. The smallest absolute Gasteiger partial charge is 0.418 e. The van der Waals surface area contributed by atoms with E-state index in [-0.39, 0.29) is 24.6 Å². The minimum Gasteiger partial charge on any atom is -0.494 e. The second-order valence-corrected chi connectivity index (χ2v) is 4.81. The summed E-state index contributed by atoms with van der Waals surface area (Å²) in [5, 5.41) is 4.69. The van der Waals surface area contributed by atoms with Gasteiger partial charge < -0.3 is 15.4 Å². The van der Waals surface area contributed by atoms with Gasteiger partial charge in [0.05, 0.1) is 17.9 Å². The van der Waals surface area contributed by atoms with E-state index < -0.39 is 17.8 Å². The van der Waals surface area contributed by atoms with Crippen LogP contribution in [-0.2, 0) is 12.7 Å². The van der Waals surface area contributed by atoms with E-state index in [9.17, 15) is 18.0 Å². The van der Waals surface area contributed by atoms with Gasteiger partial charge in [-0.2, -0.15) is 13.2 Å². The summed E-state index contributed by atoms with van der Waals surface area (Å²) in [4.78, 5) is 15.7. The van der Waals surface area contributed by atoms with Crippen molar-refractivity contribution in [2.24, 2.45) is 0 Å². The lowest BCUT2D eigenvalue weighted by molar-refractivity contribution is -0.137. The van der Waals surface area contributed by atoms with Crippen LogP contribution in [0.25, 0.3) is 0 Å². The molecule has 128 valence electrons. The van der Waals surface area contributed by atoms with Crippen LogP contribution in [0.5, 0.6) is 5.75 Å². The molecule has 24 heavy (non-hydrogen) atoms. The van der Waals surface area contributed by atoms with Crippen LogP contribution in [0.2, 0.25) is 0 Å². The molecule has 2 aromatic rings. The number of aromatic nitrogens is 1. The normalized spacial score (nSPS) is 11.0. The number of hydrogen-bond donors (Lipinski definition) is 2. The fraction of sp³-hybridized carbons (Fsp3) is 0.250. The van der Waals surface area contributed by atoms with E-state index >= 15 is 0 Å². The van der Waals surface area contributed by atoms with Crippen LogP contribution < -0.4 is 15.4 Å². The number of nitrogens with zero attached hydrogens (tertiary/aromatic N) is 1. The topological polar surface area (TPSA) is 63.2 Å². The lowest BCUT2D eigenvalue weighted by Crippen LogP contribution is -2.29. The fourth-order valence-corrected chi connectivity index (χ4v) is 1.97. The van der Waals surface area contributed by atoms with Crippen LogP contribution in [0.15, 0.2) is 42.7 Å². The molecule has 1 aromatic heterocycles. The molecule has 0 aliphatic heterocycles. The van der Waals surface area contributed by atoms with Crippen LogP contribution >= 0.6 is 0 Å². The minimum atomic E-state index is -4.61. The Morgan fingerprint density at radius 1 is 1.29 bits per heavy atom. The summed E-state index contributed by atoms with van der Waals surface area (Å²) in [5.41, 5.74) is -0.574. The average Bonchev–Trinajstić information content (AvgIpc) is 2.54. The first-order chi connectivity index (χ1) is 11.4. The largest absolute Gasteiger partial charge is 0.494 e. The Balaban J connectivity index is 2.09. The van der Waals surface area contributed by atoms with Gasteiger partial charge in [-0.05, 0) is 36.8 Å². The third-order valence-electron chi connectivity index (χ3n) is 3.03. The van der Waals surface area contributed by atoms with E-state index in [0.717, 1.165) is 17.7 Å². The number of rotatable bonds is 5. The van der Waals surface area contributed by atoms with Crippen LogP contribution in [0.4, 0.5) is 23.7 Å². The van der Waals surface area contributed by atoms with Crippen molar-refractivity contribution < 1.29 is 22.7 Å². The van der Waals surface area contributed by atoms with Gasteiger partial charge in [0.1, 0.15) is 5.75 Å². The first kappa shape index (κ1) is 17.6. The van der Waals surface area contributed by atoms with Crippen LogP contribution in [0.1, 0.15) is 18.1 Å². The fourth-order valence-electron chi connectivity index (χ4n) is 1.97. The van der Waals surface area contributed by atoms with Crippen molar-refractivity contribution in [1.29, 1.82) is 0 Å². The molecule has 0 aliphatic carbocycles. The Bertz CT molecular complexity index is 691. The van der Waals surface area contributed by atoms with Gasteiger partial charge in [-0.25, -0.2) is 4.79 Å². The molecule has 5 nitrogen and oxygen atoms in total. The summed E-state index contributed by atoms with van der Waals surface area (Å²) in [6.07, 6.45) is -1.48. The molecule has 1 heterocycles. The maximum Gasteiger partial charge on any atom is 0.418 e. The molecule has 2 rings (SSSR count). The number of urea groups is 1. The molecule has 0 unspecified atom stereocenters. The van der Waals surface area contributed by atoms with Crippen LogP contribution in [-0.4, -0.2) is 17.6 Å². The highest BCUT2D eigenvalue weighted by atomic mass is 19.4. The number of carbonyl (C=O) groups excluding carboxylic acids is 1. The average molecular weight is 339 g/mol. The zero-order valence-corrected chi connectivity index (χ0v) is 12.9. The summed E-state index contributed by atoms with van der Waals surface area (Å²) < 4.78 is 44.5. The second kappa shape index (κ2) is 7.67. The summed E-state index contributed by atoms with van der Waals surface area (Å²) in [6.45, 7) is 2.07. The molecule has 0 saturated heterocycles. The number of halogens is 3. The minimum absolute atomic E-state index is 0.0890. The number of alkyl halides is 3. The molecule has 0 aliphatic rings. The SMILES string of the molecule is CCOc1ccc(NC(=O)NCc2cccnc2)c(C(F)(F)F)c1. The van der Waals surface area contributed by atoms with Crippen molar-refractivity contribution >= 4 is 11.7 Å². The second-order valence-electron chi connectivity index (χ2n) is 4.81. The summed E-state index contributed by atoms with van der Waals surface area (Å²) >= 11 is 0. The molecular formula is C16H16F3N3O2. The van der Waals surface area contributed by atoms with E-state index in [2.05, 4.69) is 15.6 Å². The Labute approximate surface area is 136 Å². The number of pyridine rings is 1. The van der Waals surface area contributed by atoms with Crippen LogP contribution in [0.3, 0.4) is 0 Å². The third kappa shape index (κ3) is 4.87. The number of benzene rings is 1. The molecular weight excluding hydrogens is 323 g/mol. The molecule has 1 aromatic carbocycles. The lowest BCUT2D eigenvalue weighted by atomic mass is 10.1. The molecule has 2 amide bonds. The van der Waals surface area contributed by atoms with Gasteiger partial charge in [-0.1, -0.05) is 6.07 Å². The van der Waals surface area contributed by atoms with Gasteiger partial charge in [0.15, 0.2) is 0 Å². The predicted octanol–water partition coefficient (Wildman–Crippen LogP) is 3.82. The first-order valence-electron chi connectivity index (χ1n) is 7.18. The van der Waals surface area contributed by atoms with Gasteiger partial charge in [0.2, 0.25) is 0 Å². The van der Waals surface area contributed by atoms with Crippen molar-refractivity contribution in [2.75, 3.05) is 11.9 Å². The van der Waals surface area contributed by atoms with Crippen LogP contribution in [0, 0.1) is 0 Å². The third-order valence-corrected chi connectivity index (χ3v) is 3.03. The molecule has 0 spiro atoms. The molecule has 0 radical (unpaired) electrons. The molecule has 0 atom stereocenters. The zero-order valence-electron chi connectivity index (χ0n) is 12.9. The number of nitrogens with one attached hydrogen (secondary N) is 2. The van der Waals surface area contributed by atoms with Gasteiger partial charge in [0.25, 0.3) is 0 Å². The Hall–Kier alpha value is -2.77.